The van der Waals surface area contributed by atoms with Crippen LogP contribution >= 0.6 is 11.8 Å². The van der Waals surface area contributed by atoms with Crippen molar-refractivity contribution in [1.82, 2.24) is 4.90 Å². The van der Waals surface area contributed by atoms with Crippen LogP contribution in [0.2, 0.25) is 0 Å². The van der Waals surface area contributed by atoms with Crippen molar-refractivity contribution < 1.29 is 29.9 Å². The number of hydrogen-bond acceptors (Lipinski definition) is 6. The molecule has 8 heteroatoms. The molecule has 3 N–H and O–H groups in total. The largest absolute Gasteiger partial charge is 0.544 e. The third kappa shape index (κ3) is 2.91. The molecule has 0 aromatic heterocycles. The Bertz CT molecular complexity index is 783. The number of thioether (sulfide) groups is 1. The van der Waals surface area contributed by atoms with E-state index in [1.54, 1.807) is 37.4 Å². The molecule has 0 bridgehead atoms. The normalized spacial score (nSPS) is 30.2. The Kier molecular flexibility index (Phi) is 5.22. The fourth-order valence-corrected chi connectivity index (χ4v) is 5.06. The summed E-state index contributed by atoms with van der Waals surface area (Å²) in [6.45, 7) is 3.47. The number of aliphatic carboxylic acids is 1. The minimum absolute atomic E-state index is 0.0141. The van der Waals surface area contributed by atoms with Gasteiger partial charge in [-0.2, -0.15) is 11.8 Å². The molecule has 3 rings (SSSR count). The number of para-hydroxylation sites is 1. The maximum absolute atomic E-state index is 13.1. The molecular weight excluding hydrogens is 368 g/mol. The molecule has 2 fully saturated rings. The van der Waals surface area contributed by atoms with Gasteiger partial charge in [0.25, 0.3) is 0 Å². The Morgan fingerprint density at radius 1 is 1.33 bits per heavy atom. The van der Waals surface area contributed by atoms with E-state index >= 15 is 0 Å². The summed E-state index contributed by atoms with van der Waals surface area (Å²) in [5, 5.41) is 24.1. The molecule has 1 aromatic rings. The van der Waals surface area contributed by atoms with E-state index in [2.05, 4.69) is 0 Å². The van der Waals surface area contributed by atoms with Crippen molar-refractivity contribution in [3.05, 3.63) is 29.8 Å². The van der Waals surface area contributed by atoms with Gasteiger partial charge in [0.05, 0.1) is 5.56 Å². The monoisotopic (exact) mass is 392 g/mol. The van der Waals surface area contributed by atoms with Crippen LogP contribution in [0.15, 0.2) is 24.3 Å². The number of carboxylic acid groups (broad SMARTS) is 1. The van der Waals surface area contributed by atoms with E-state index in [1.165, 1.54) is 22.7 Å². The minimum atomic E-state index is -1.53. The number of carboxylic acids is 1. The van der Waals surface area contributed by atoms with Gasteiger partial charge in [0.15, 0.2) is 5.54 Å². The Labute approximate surface area is 162 Å². The summed E-state index contributed by atoms with van der Waals surface area (Å²) in [6, 6.07) is 5.54. The number of fused-ring (bicyclic) bond motifs is 1. The summed E-state index contributed by atoms with van der Waals surface area (Å²) in [5.41, 5.74) is -1.07. The fraction of sp³-hybridized carbons (Fsp3) is 0.526. The van der Waals surface area contributed by atoms with Gasteiger partial charge in [-0.3, -0.25) is 14.5 Å². The number of phenols is 1. The van der Waals surface area contributed by atoms with Crippen LogP contribution in [0.4, 0.5) is 0 Å². The van der Waals surface area contributed by atoms with Gasteiger partial charge in [0.1, 0.15) is 29.6 Å². The van der Waals surface area contributed by atoms with Gasteiger partial charge in [0, 0.05) is 12.5 Å². The Hall–Kier alpha value is -2.06. The predicted molar refractivity (Wildman–Crippen MR) is 97.5 cm³/mol. The maximum atomic E-state index is 13.1. The van der Waals surface area contributed by atoms with Crippen LogP contribution in [0.25, 0.3) is 0 Å². The standard InChI is InChI=1S/C19H24N2O5S/c1-10(2)21-16(23)13-14(17(21)24)19(18(25)26,8-9-27-3)20-15(13)11-6-4-5-7-12(11)22/h4-7,10,13-15,20,22H,8-9H2,1-3H3,(H,25,26)/t13-,14+,15+,19+/m0/s1. The third-order valence-electron chi connectivity index (χ3n) is 5.72. The van der Waals surface area contributed by atoms with Crippen LogP contribution in [-0.4, -0.2) is 51.4 Å². The molecule has 27 heavy (non-hydrogen) atoms. The van der Waals surface area contributed by atoms with E-state index in [0.717, 1.165) is 0 Å². The van der Waals surface area contributed by atoms with Crippen molar-refractivity contribution in [2.24, 2.45) is 11.8 Å². The average Bonchev–Trinajstić information content (AvgIpc) is 3.08. The Morgan fingerprint density at radius 3 is 2.56 bits per heavy atom. The molecular formula is C19H24N2O5S. The van der Waals surface area contributed by atoms with Crippen LogP contribution in [0, 0.1) is 11.8 Å². The van der Waals surface area contributed by atoms with Gasteiger partial charge in [-0.1, -0.05) is 12.1 Å². The topological polar surface area (TPSA) is 114 Å². The zero-order valence-electron chi connectivity index (χ0n) is 15.5. The lowest BCUT2D eigenvalue weighted by Gasteiger charge is -2.33. The van der Waals surface area contributed by atoms with E-state index in [-0.39, 0.29) is 24.1 Å². The second-order valence-corrected chi connectivity index (χ2v) is 8.45. The van der Waals surface area contributed by atoms with Crippen LogP contribution in [-0.2, 0) is 14.4 Å². The Balaban J connectivity index is 2.16. The summed E-state index contributed by atoms with van der Waals surface area (Å²) in [5.74, 6) is -3.51. The number of phenolic OH excluding ortho intramolecular Hbond substituents is 1. The molecule has 1 aromatic carbocycles. The first-order valence-electron chi connectivity index (χ1n) is 8.97. The molecule has 2 aliphatic rings. The second kappa shape index (κ2) is 7.16. The number of benzene rings is 1. The summed E-state index contributed by atoms with van der Waals surface area (Å²) in [6.07, 6.45) is 2.06. The number of rotatable bonds is 6. The van der Waals surface area contributed by atoms with Crippen LogP contribution in [0.5, 0.6) is 5.75 Å². The van der Waals surface area contributed by atoms with Gasteiger partial charge >= 0.3 is 0 Å². The number of quaternary nitrogens is 1. The molecule has 146 valence electrons. The first-order valence-corrected chi connectivity index (χ1v) is 10.4. The molecule has 2 amide bonds. The second-order valence-electron chi connectivity index (χ2n) is 7.47. The lowest BCUT2D eigenvalue weighted by molar-refractivity contribution is -0.739. The van der Waals surface area contributed by atoms with E-state index in [4.69, 9.17) is 0 Å². The molecule has 2 heterocycles. The van der Waals surface area contributed by atoms with Crippen molar-refractivity contribution in [2.45, 2.75) is 37.9 Å². The minimum Gasteiger partial charge on any atom is -0.544 e. The smallest absolute Gasteiger partial charge is 0.240 e. The molecule has 4 atom stereocenters. The lowest BCUT2D eigenvalue weighted by atomic mass is 9.78. The molecule has 0 spiro atoms. The van der Waals surface area contributed by atoms with Gasteiger partial charge in [0.2, 0.25) is 11.8 Å². The number of carbonyl (C=O) groups is 3. The Morgan fingerprint density at radius 2 is 2.00 bits per heavy atom. The number of hydrogen-bond donors (Lipinski definition) is 2. The molecule has 7 nitrogen and oxygen atoms in total. The van der Waals surface area contributed by atoms with Gasteiger partial charge in [-0.15, -0.1) is 0 Å². The summed E-state index contributed by atoms with van der Waals surface area (Å²) in [4.78, 5) is 39.7. The van der Waals surface area contributed by atoms with E-state index < -0.39 is 35.3 Å². The molecule has 0 radical (unpaired) electrons. The van der Waals surface area contributed by atoms with Crippen molar-refractivity contribution in [3.8, 4) is 5.75 Å². The number of nitrogens with two attached hydrogens (primary N) is 1. The number of carbonyl (C=O) groups excluding carboxylic acids is 3. The van der Waals surface area contributed by atoms with E-state index in [0.29, 0.717) is 11.3 Å². The SMILES string of the molecule is CSCC[C@@]1(C(=O)[O-])[NH2+][C@H](c2ccccc2O)[C@H]2C(=O)N(C(C)C)C(=O)[C@@H]21. The summed E-state index contributed by atoms with van der Waals surface area (Å²) >= 11 is 1.48. The van der Waals surface area contributed by atoms with E-state index in [1.807, 2.05) is 6.26 Å². The molecule has 2 aliphatic heterocycles. The fourth-order valence-electron chi connectivity index (χ4n) is 4.51. The maximum Gasteiger partial charge on any atom is 0.240 e. The highest BCUT2D eigenvalue weighted by Gasteiger charge is 2.69. The number of imide groups is 1. The van der Waals surface area contributed by atoms with Gasteiger partial charge < -0.3 is 20.3 Å². The van der Waals surface area contributed by atoms with Gasteiger partial charge in [-0.25, -0.2) is 0 Å². The molecule has 2 saturated heterocycles. The zero-order valence-corrected chi connectivity index (χ0v) is 16.4. The number of likely N-dealkylation sites (tertiary alicyclic amines) is 1. The highest BCUT2D eigenvalue weighted by molar-refractivity contribution is 7.98. The van der Waals surface area contributed by atoms with Crippen molar-refractivity contribution >= 4 is 29.5 Å². The van der Waals surface area contributed by atoms with Crippen molar-refractivity contribution in [1.29, 1.82) is 0 Å². The predicted octanol–water partition coefficient (Wildman–Crippen LogP) is -0.738. The van der Waals surface area contributed by atoms with Crippen molar-refractivity contribution in [2.75, 3.05) is 12.0 Å². The number of amides is 2. The number of nitrogens with zero attached hydrogens (tertiary/aromatic N) is 1. The first-order chi connectivity index (χ1) is 12.8. The number of aromatic hydroxyl groups is 1. The first kappa shape index (κ1) is 19.7. The lowest BCUT2D eigenvalue weighted by Crippen LogP contribution is -2.99. The third-order valence-corrected chi connectivity index (χ3v) is 6.33. The van der Waals surface area contributed by atoms with Crippen LogP contribution < -0.4 is 10.4 Å². The van der Waals surface area contributed by atoms with Crippen LogP contribution in [0.1, 0.15) is 31.9 Å². The zero-order chi connectivity index (χ0) is 19.9. The summed E-state index contributed by atoms with van der Waals surface area (Å²) in [7, 11) is 0. The molecule has 0 unspecified atom stereocenters. The highest BCUT2D eigenvalue weighted by atomic mass is 32.2. The summed E-state index contributed by atoms with van der Waals surface area (Å²) < 4.78 is 0. The van der Waals surface area contributed by atoms with Crippen LogP contribution in [0.3, 0.4) is 0 Å². The molecule has 0 saturated carbocycles. The van der Waals surface area contributed by atoms with Gasteiger partial charge in [-0.05, 0) is 38.0 Å². The van der Waals surface area contributed by atoms with E-state index in [9.17, 15) is 24.6 Å². The molecule has 0 aliphatic carbocycles. The van der Waals surface area contributed by atoms with Crippen molar-refractivity contribution in [3.63, 3.8) is 0 Å². The highest BCUT2D eigenvalue weighted by Crippen LogP contribution is 2.47. The average molecular weight is 392 g/mol. The quantitative estimate of drug-likeness (QED) is 0.617.